The first-order valence-corrected chi connectivity index (χ1v) is 12.7. The third kappa shape index (κ3) is 5.51. The lowest BCUT2D eigenvalue weighted by Gasteiger charge is -2.22. The van der Waals surface area contributed by atoms with Gasteiger partial charge in [0.25, 0.3) is 5.91 Å². The van der Waals surface area contributed by atoms with E-state index in [1.165, 1.54) is 43.2 Å². The van der Waals surface area contributed by atoms with Crippen LogP contribution in [0.5, 0.6) is 5.75 Å². The van der Waals surface area contributed by atoms with Gasteiger partial charge in [-0.3, -0.25) is 4.79 Å². The smallest absolute Gasteiger partial charge is 0.262 e. The van der Waals surface area contributed by atoms with Gasteiger partial charge in [-0.25, -0.2) is 4.98 Å². The Morgan fingerprint density at radius 1 is 1.06 bits per heavy atom. The van der Waals surface area contributed by atoms with E-state index < -0.39 is 0 Å². The molecule has 1 amide bonds. The molecule has 0 atom stereocenters. The number of nitrogens with one attached hydrogen (secondary N) is 1. The summed E-state index contributed by atoms with van der Waals surface area (Å²) in [6.45, 7) is 2.00. The SMILES string of the molecule is CCc1ccc2oc(-c3ccc(Cl)c(NC(=O)COc4ccc(C5CCCCC5)cc4)c3)nc2c1. The van der Waals surface area contributed by atoms with E-state index in [2.05, 4.69) is 29.4 Å². The number of benzene rings is 3. The first-order valence-electron chi connectivity index (χ1n) is 12.3. The number of carbonyl (C=O) groups excluding carboxylic acids is 1. The molecule has 5 nitrogen and oxygen atoms in total. The molecule has 0 spiro atoms. The molecule has 6 heteroatoms. The van der Waals surface area contributed by atoms with Crippen molar-refractivity contribution in [2.45, 2.75) is 51.4 Å². The van der Waals surface area contributed by atoms with Crippen molar-refractivity contribution in [2.24, 2.45) is 0 Å². The Balaban J connectivity index is 1.23. The molecular formula is C29H29ClN2O3. The van der Waals surface area contributed by atoms with Gasteiger partial charge in [0.05, 0.1) is 10.7 Å². The number of hydrogen-bond donors (Lipinski definition) is 1. The van der Waals surface area contributed by atoms with Gasteiger partial charge in [0.15, 0.2) is 12.2 Å². The van der Waals surface area contributed by atoms with Gasteiger partial charge in [0.1, 0.15) is 11.3 Å². The number of carbonyl (C=O) groups is 1. The standard InChI is InChI=1S/C29H29ClN2O3/c1-2-19-8-15-27-26(16-19)32-29(35-27)22-11-14-24(30)25(17-22)31-28(33)18-34-23-12-9-21(10-13-23)20-6-4-3-5-7-20/h8-17,20H,2-7,18H2,1H3,(H,31,33). The summed E-state index contributed by atoms with van der Waals surface area (Å²) < 4.78 is 11.6. The molecule has 1 aliphatic carbocycles. The molecule has 1 heterocycles. The number of nitrogens with zero attached hydrogens (tertiary/aromatic N) is 1. The van der Waals surface area contributed by atoms with E-state index in [0.29, 0.717) is 28.3 Å². The molecule has 0 radical (unpaired) electrons. The van der Waals surface area contributed by atoms with Crippen LogP contribution < -0.4 is 10.1 Å². The van der Waals surface area contributed by atoms with Crippen molar-refractivity contribution in [1.29, 1.82) is 0 Å². The summed E-state index contributed by atoms with van der Waals surface area (Å²) in [4.78, 5) is 17.2. The molecule has 1 fully saturated rings. The second-order valence-electron chi connectivity index (χ2n) is 9.11. The van der Waals surface area contributed by atoms with Crippen LogP contribution in [0.4, 0.5) is 5.69 Å². The highest BCUT2D eigenvalue weighted by molar-refractivity contribution is 6.33. The predicted molar refractivity (Wildman–Crippen MR) is 140 cm³/mol. The minimum absolute atomic E-state index is 0.105. The van der Waals surface area contributed by atoms with E-state index in [4.69, 9.17) is 20.8 Å². The zero-order valence-electron chi connectivity index (χ0n) is 19.9. The fourth-order valence-corrected chi connectivity index (χ4v) is 4.84. The van der Waals surface area contributed by atoms with E-state index in [-0.39, 0.29) is 12.5 Å². The molecular weight excluding hydrogens is 460 g/mol. The van der Waals surface area contributed by atoms with E-state index >= 15 is 0 Å². The van der Waals surface area contributed by atoms with Crippen molar-refractivity contribution in [2.75, 3.05) is 11.9 Å². The quantitative estimate of drug-likeness (QED) is 0.288. The van der Waals surface area contributed by atoms with E-state index in [1.807, 2.05) is 36.4 Å². The van der Waals surface area contributed by atoms with E-state index in [9.17, 15) is 4.79 Å². The lowest BCUT2D eigenvalue weighted by atomic mass is 9.84. The average Bonchev–Trinajstić information content (AvgIpc) is 3.33. The van der Waals surface area contributed by atoms with Gasteiger partial charge < -0.3 is 14.5 Å². The molecule has 3 aromatic carbocycles. The average molecular weight is 489 g/mol. The summed E-state index contributed by atoms with van der Waals surface area (Å²) in [5.41, 5.74) is 5.31. The second kappa shape index (κ2) is 10.5. The van der Waals surface area contributed by atoms with Crippen LogP contribution in [0.3, 0.4) is 0 Å². The molecule has 4 aromatic rings. The highest BCUT2D eigenvalue weighted by Gasteiger charge is 2.16. The molecule has 1 saturated carbocycles. The van der Waals surface area contributed by atoms with Gasteiger partial charge >= 0.3 is 0 Å². The lowest BCUT2D eigenvalue weighted by molar-refractivity contribution is -0.118. The first kappa shape index (κ1) is 23.4. The van der Waals surface area contributed by atoms with Crippen molar-refractivity contribution >= 4 is 34.3 Å². The number of ether oxygens (including phenoxy) is 1. The topological polar surface area (TPSA) is 64.4 Å². The zero-order valence-corrected chi connectivity index (χ0v) is 20.6. The minimum Gasteiger partial charge on any atom is -0.484 e. The first-order chi connectivity index (χ1) is 17.1. The predicted octanol–water partition coefficient (Wildman–Crippen LogP) is 7.78. The Morgan fingerprint density at radius 2 is 1.86 bits per heavy atom. The van der Waals surface area contributed by atoms with Crippen LogP contribution in [-0.2, 0) is 11.2 Å². The summed E-state index contributed by atoms with van der Waals surface area (Å²) in [5.74, 6) is 1.52. The summed E-state index contributed by atoms with van der Waals surface area (Å²) >= 11 is 6.35. The maximum Gasteiger partial charge on any atom is 0.262 e. The molecule has 0 saturated heterocycles. The maximum absolute atomic E-state index is 12.6. The lowest BCUT2D eigenvalue weighted by Crippen LogP contribution is -2.20. The number of fused-ring (bicyclic) bond motifs is 1. The van der Waals surface area contributed by atoms with Crippen molar-refractivity contribution in [3.05, 3.63) is 76.8 Å². The molecule has 0 unspecified atom stereocenters. The third-order valence-corrected chi connectivity index (χ3v) is 7.00. The Labute approximate surface area is 210 Å². The Kier molecular flexibility index (Phi) is 7.05. The van der Waals surface area contributed by atoms with Gasteiger partial charge in [0.2, 0.25) is 5.89 Å². The van der Waals surface area contributed by atoms with Gasteiger partial charge in [-0.1, -0.05) is 56.0 Å². The monoisotopic (exact) mass is 488 g/mol. The van der Waals surface area contributed by atoms with Crippen LogP contribution in [0.1, 0.15) is 56.1 Å². The Hall–Kier alpha value is -3.31. The summed E-state index contributed by atoms with van der Waals surface area (Å²) in [5, 5.41) is 3.27. The minimum atomic E-state index is -0.287. The fourth-order valence-electron chi connectivity index (χ4n) is 4.68. The largest absolute Gasteiger partial charge is 0.484 e. The zero-order chi connectivity index (χ0) is 24.2. The Morgan fingerprint density at radius 3 is 2.63 bits per heavy atom. The molecule has 180 valence electrons. The molecule has 0 aliphatic heterocycles. The van der Waals surface area contributed by atoms with Gasteiger partial charge in [-0.2, -0.15) is 0 Å². The number of amides is 1. The van der Waals surface area contributed by atoms with Crippen LogP contribution in [-0.4, -0.2) is 17.5 Å². The highest BCUT2D eigenvalue weighted by atomic mass is 35.5. The number of anilines is 1. The third-order valence-electron chi connectivity index (χ3n) is 6.67. The van der Waals surface area contributed by atoms with Crippen molar-refractivity contribution < 1.29 is 13.9 Å². The number of oxazole rings is 1. The molecule has 1 aromatic heterocycles. The molecule has 0 bridgehead atoms. The maximum atomic E-state index is 12.6. The van der Waals surface area contributed by atoms with Gasteiger partial charge in [0, 0.05) is 5.56 Å². The van der Waals surface area contributed by atoms with Crippen LogP contribution in [0.15, 0.2) is 65.1 Å². The van der Waals surface area contributed by atoms with Crippen LogP contribution in [0.2, 0.25) is 5.02 Å². The van der Waals surface area contributed by atoms with Crippen LogP contribution >= 0.6 is 11.6 Å². The number of rotatable bonds is 7. The Bertz CT molecular complexity index is 1320. The normalized spacial score (nSPS) is 14.2. The second-order valence-corrected chi connectivity index (χ2v) is 9.52. The van der Waals surface area contributed by atoms with Gasteiger partial charge in [-0.15, -0.1) is 0 Å². The van der Waals surface area contributed by atoms with Crippen molar-refractivity contribution in [1.82, 2.24) is 4.98 Å². The number of hydrogen-bond acceptors (Lipinski definition) is 4. The number of halogens is 1. The van der Waals surface area contributed by atoms with Crippen molar-refractivity contribution in [3.8, 4) is 17.2 Å². The summed E-state index contributed by atoms with van der Waals surface area (Å²) in [6, 6.07) is 19.4. The summed E-state index contributed by atoms with van der Waals surface area (Å²) in [7, 11) is 0. The molecule has 1 N–H and O–H groups in total. The molecule has 1 aliphatic rings. The highest BCUT2D eigenvalue weighted by Crippen LogP contribution is 2.33. The van der Waals surface area contributed by atoms with E-state index in [1.54, 1.807) is 12.1 Å². The van der Waals surface area contributed by atoms with Crippen LogP contribution in [0.25, 0.3) is 22.6 Å². The summed E-state index contributed by atoms with van der Waals surface area (Å²) in [6.07, 6.45) is 7.39. The van der Waals surface area contributed by atoms with E-state index in [0.717, 1.165) is 23.1 Å². The molecule has 35 heavy (non-hydrogen) atoms. The van der Waals surface area contributed by atoms with Crippen LogP contribution in [0, 0.1) is 0 Å². The molecule has 5 rings (SSSR count). The van der Waals surface area contributed by atoms with Crippen molar-refractivity contribution in [3.63, 3.8) is 0 Å². The fraction of sp³-hybridized carbons (Fsp3) is 0.310. The number of aromatic nitrogens is 1. The number of aryl methyl sites for hydroxylation is 1. The van der Waals surface area contributed by atoms with Gasteiger partial charge in [-0.05, 0) is 78.8 Å².